The number of halogens is 3. The molecule has 3 aliphatic heterocycles. The van der Waals surface area contributed by atoms with Gasteiger partial charge in [0.2, 0.25) is 12.3 Å². The summed E-state index contributed by atoms with van der Waals surface area (Å²) >= 11 is 0. The molecule has 0 spiro atoms. The Morgan fingerprint density at radius 1 is 1.05 bits per heavy atom. The molecule has 5 heterocycles. The van der Waals surface area contributed by atoms with Crippen LogP contribution in [0.3, 0.4) is 0 Å². The number of hydrogen-bond donors (Lipinski definition) is 0. The Balaban J connectivity index is 1.23. The second-order valence-corrected chi connectivity index (χ2v) is 10.4. The van der Waals surface area contributed by atoms with Crippen LogP contribution in [0, 0.1) is 5.82 Å². The third-order valence-electron chi connectivity index (χ3n) is 7.75. The van der Waals surface area contributed by atoms with Crippen molar-refractivity contribution < 1.29 is 31.9 Å². The molecule has 2 aromatic heterocycles. The lowest BCUT2D eigenvalue weighted by atomic mass is 10.1. The average Bonchev–Trinajstić information content (AvgIpc) is 3.41. The fourth-order valence-corrected chi connectivity index (χ4v) is 5.19. The van der Waals surface area contributed by atoms with Gasteiger partial charge in [-0.25, -0.2) is 4.39 Å². The smallest absolute Gasteiger partial charge is 0.314 e. The molecule has 14 heteroatoms. The molecule has 3 aliphatic rings. The van der Waals surface area contributed by atoms with Gasteiger partial charge in [0.1, 0.15) is 5.82 Å². The van der Waals surface area contributed by atoms with Gasteiger partial charge >= 0.3 is 6.43 Å². The summed E-state index contributed by atoms with van der Waals surface area (Å²) in [5, 5.41) is 6.98. The third-order valence-corrected chi connectivity index (χ3v) is 7.75. The van der Waals surface area contributed by atoms with Crippen molar-refractivity contribution in [2.45, 2.75) is 25.1 Å². The molecule has 218 valence electrons. The highest BCUT2D eigenvalue weighted by molar-refractivity contribution is 5.87. The van der Waals surface area contributed by atoms with Crippen molar-refractivity contribution in [3.8, 4) is 11.5 Å². The Hall–Kier alpha value is -3.75. The number of carbonyl (C=O) groups excluding carboxylic acids is 1. The van der Waals surface area contributed by atoms with Gasteiger partial charge in [-0.2, -0.15) is 8.78 Å². The van der Waals surface area contributed by atoms with Crippen LogP contribution in [0.5, 0.6) is 0 Å². The zero-order chi connectivity index (χ0) is 28.5. The largest absolute Gasteiger partial charge is 0.415 e. The maximum Gasteiger partial charge on any atom is 0.314 e. The number of hydrogen-bond acceptors (Lipinski definition) is 10. The van der Waals surface area contributed by atoms with Gasteiger partial charge in [0.25, 0.3) is 5.89 Å². The van der Waals surface area contributed by atoms with E-state index in [9.17, 15) is 13.6 Å². The molecule has 1 amide bonds. The highest BCUT2D eigenvalue weighted by Gasteiger charge is 2.32. The molecular weight excluding hydrogens is 543 g/mol. The van der Waals surface area contributed by atoms with E-state index in [0.717, 1.165) is 32.7 Å². The molecule has 3 fully saturated rings. The van der Waals surface area contributed by atoms with Crippen LogP contribution in [0.15, 0.2) is 34.9 Å². The van der Waals surface area contributed by atoms with Gasteiger partial charge in [-0.1, -0.05) is 0 Å². The molecule has 1 aromatic carbocycles. The molecule has 0 atom stereocenters. The number of alkyl halides is 2. The average molecular weight is 574 g/mol. The second kappa shape index (κ2) is 11.6. The van der Waals surface area contributed by atoms with Crippen molar-refractivity contribution in [3.05, 3.63) is 47.9 Å². The first-order valence-electron chi connectivity index (χ1n) is 13.4. The maximum absolute atomic E-state index is 15.7. The predicted octanol–water partition coefficient (Wildman–Crippen LogP) is 2.73. The number of nitrogens with zero attached hydrogens (tertiary/aromatic N) is 7. The fourth-order valence-electron chi connectivity index (χ4n) is 5.19. The number of aromatic nitrogens is 3. The Labute approximate surface area is 234 Å². The van der Waals surface area contributed by atoms with E-state index >= 15 is 4.39 Å². The molecule has 0 N–H and O–H groups in total. The molecule has 0 radical (unpaired) electrons. The Morgan fingerprint density at radius 3 is 2.37 bits per heavy atom. The first kappa shape index (κ1) is 27.4. The lowest BCUT2D eigenvalue weighted by molar-refractivity contribution is -0.110. The molecule has 3 aromatic rings. The third kappa shape index (κ3) is 5.59. The van der Waals surface area contributed by atoms with Crippen molar-refractivity contribution >= 4 is 23.5 Å². The molecular formula is C27H30F3N7O4. The summed E-state index contributed by atoms with van der Waals surface area (Å²) in [7, 11) is 1.79. The number of ether oxygens (including phenoxy) is 2. The molecule has 0 bridgehead atoms. The lowest BCUT2D eigenvalue weighted by Gasteiger charge is -2.43. The normalized spacial score (nSPS) is 18.3. The van der Waals surface area contributed by atoms with Crippen molar-refractivity contribution in [3.63, 3.8) is 0 Å². The van der Waals surface area contributed by atoms with E-state index in [-0.39, 0.29) is 24.3 Å². The molecule has 6 rings (SSSR count). The summed E-state index contributed by atoms with van der Waals surface area (Å²) in [6, 6.07) is 6.85. The summed E-state index contributed by atoms with van der Waals surface area (Å²) in [6.45, 7) is 5.55. The zero-order valence-electron chi connectivity index (χ0n) is 22.5. The van der Waals surface area contributed by atoms with Crippen LogP contribution in [0.1, 0.15) is 18.0 Å². The van der Waals surface area contributed by atoms with Gasteiger partial charge in [0.05, 0.1) is 73.4 Å². The summed E-state index contributed by atoms with van der Waals surface area (Å²) in [4.78, 5) is 24.5. The molecule has 3 saturated heterocycles. The number of carbonyl (C=O) groups is 1. The first-order chi connectivity index (χ1) is 19.9. The minimum atomic E-state index is -2.86. The summed E-state index contributed by atoms with van der Waals surface area (Å²) < 4.78 is 56.9. The van der Waals surface area contributed by atoms with Gasteiger partial charge in [-0.15, -0.1) is 10.2 Å². The monoisotopic (exact) mass is 573 g/mol. The van der Waals surface area contributed by atoms with Crippen LogP contribution in [0.4, 0.5) is 30.2 Å². The van der Waals surface area contributed by atoms with E-state index in [0.29, 0.717) is 60.7 Å². The van der Waals surface area contributed by atoms with E-state index in [1.165, 1.54) is 12.3 Å². The van der Waals surface area contributed by atoms with E-state index in [1.807, 2.05) is 9.80 Å². The maximum atomic E-state index is 15.7. The van der Waals surface area contributed by atoms with Crippen LogP contribution in [-0.2, 0) is 20.8 Å². The van der Waals surface area contributed by atoms with E-state index in [4.69, 9.17) is 13.9 Å². The fraction of sp³-hybridized carbons (Fsp3) is 0.481. The number of piperazine rings is 1. The summed E-state index contributed by atoms with van der Waals surface area (Å²) in [6.07, 6.45) is -0.640. The molecule has 41 heavy (non-hydrogen) atoms. The van der Waals surface area contributed by atoms with Crippen LogP contribution in [-0.4, -0.2) is 98.2 Å². The van der Waals surface area contributed by atoms with Crippen molar-refractivity contribution in [2.24, 2.45) is 0 Å². The van der Waals surface area contributed by atoms with Crippen molar-refractivity contribution in [1.82, 2.24) is 20.1 Å². The topological polar surface area (TPSA) is 100 Å². The SMILES string of the molecule is CN(Cc1ccc(-c2nnc(C(F)F)o2)cn1)c1cc(F)c(N2CCN(C3COC3)CC2)cc1N(C=O)C1COC1. The predicted molar refractivity (Wildman–Crippen MR) is 143 cm³/mol. The number of anilines is 3. The van der Waals surface area contributed by atoms with Crippen LogP contribution in [0.25, 0.3) is 11.5 Å². The van der Waals surface area contributed by atoms with Gasteiger partial charge in [-0.05, 0) is 18.2 Å². The van der Waals surface area contributed by atoms with Gasteiger partial charge in [-0.3, -0.25) is 14.7 Å². The number of rotatable bonds is 10. The minimum Gasteiger partial charge on any atom is -0.415 e. The molecule has 11 nitrogen and oxygen atoms in total. The van der Waals surface area contributed by atoms with Crippen LogP contribution >= 0.6 is 0 Å². The number of amides is 1. The Kier molecular flexibility index (Phi) is 7.77. The van der Waals surface area contributed by atoms with Gasteiger partial charge in [0.15, 0.2) is 0 Å². The van der Waals surface area contributed by atoms with Gasteiger partial charge in [0, 0.05) is 45.5 Å². The number of pyridine rings is 1. The Bertz CT molecular complexity index is 1360. The lowest BCUT2D eigenvalue weighted by Crippen LogP contribution is -2.56. The second-order valence-electron chi connectivity index (χ2n) is 10.4. The summed E-state index contributed by atoms with van der Waals surface area (Å²) in [5.74, 6) is -1.19. The van der Waals surface area contributed by atoms with Crippen LogP contribution in [0.2, 0.25) is 0 Å². The van der Waals surface area contributed by atoms with E-state index < -0.39 is 12.3 Å². The van der Waals surface area contributed by atoms with Crippen molar-refractivity contribution in [2.75, 3.05) is 74.4 Å². The Morgan fingerprint density at radius 2 is 1.80 bits per heavy atom. The molecule has 0 aliphatic carbocycles. The van der Waals surface area contributed by atoms with E-state index in [2.05, 4.69) is 20.1 Å². The molecule has 0 saturated carbocycles. The zero-order valence-corrected chi connectivity index (χ0v) is 22.5. The standard InChI is InChI=1S/C27H30F3N7O4/c1-34(11-18-3-2-17(10-31-18)26-32-33-27(41-26)25(29)30)23-8-21(28)22(9-24(23)37(16-38)20-14-40-15-20)36-6-4-35(5-7-36)19-12-39-13-19/h2-3,8-10,16,19-20,25H,4-7,11-15H2,1H3. The first-order valence-corrected chi connectivity index (χ1v) is 13.4. The minimum absolute atomic E-state index is 0.0566. The van der Waals surface area contributed by atoms with Crippen molar-refractivity contribution in [1.29, 1.82) is 0 Å². The highest BCUT2D eigenvalue weighted by atomic mass is 19.3. The summed E-state index contributed by atoms with van der Waals surface area (Å²) in [5.41, 5.74) is 2.60. The van der Waals surface area contributed by atoms with Gasteiger partial charge < -0.3 is 28.6 Å². The van der Waals surface area contributed by atoms with E-state index in [1.54, 1.807) is 30.1 Å². The molecule has 0 unspecified atom stereocenters. The number of benzene rings is 1. The highest BCUT2D eigenvalue weighted by Crippen LogP contribution is 2.38. The van der Waals surface area contributed by atoms with Crippen LogP contribution < -0.4 is 14.7 Å². The quantitative estimate of drug-likeness (QED) is 0.337.